The fraction of sp³-hybridized carbons (Fsp3) is 0.318. The summed E-state index contributed by atoms with van der Waals surface area (Å²) in [6.07, 6.45) is 1.28. The van der Waals surface area contributed by atoms with Crippen LogP contribution in [0.1, 0.15) is 24.0 Å². The minimum atomic E-state index is -3.62. The molecule has 1 aromatic heterocycles. The van der Waals surface area contributed by atoms with Crippen LogP contribution in [0.3, 0.4) is 0 Å². The molecule has 0 unspecified atom stereocenters. The number of carbonyl (C=O) groups is 1. The van der Waals surface area contributed by atoms with E-state index in [-0.39, 0.29) is 17.3 Å². The lowest BCUT2D eigenvalue weighted by molar-refractivity contribution is -0.120. The number of benzene rings is 2. The molecule has 7 nitrogen and oxygen atoms in total. The molecule has 1 atom stereocenters. The third-order valence-corrected chi connectivity index (χ3v) is 9.18. The molecule has 1 fully saturated rings. The van der Waals surface area contributed by atoms with Crippen molar-refractivity contribution in [3.63, 3.8) is 0 Å². The zero-order chi connectivity index (χ0) is 22.6. The van der Waals surface area contributed by atoms with Gasteiger partial charge in [0.05, 0.1) is 10.8 Å². The number of aromatic nitrogens is 2. The number of nitrogens with zero attached hydrogens (tertiary/aromatic N) is 3. The maximum absolute atomic E-state index is 13.0. The quantitative estimate of drug-likeness (QED) is 0.396. The molecule has 1 aliphatic rings. The molecule has 2 aromatic carbocycles. The van der Waals surface area contributed by atoms with Crippen molar-refractivity contribution in [1.82, 2.24) is 14.5 Å². The number of aryl methyl sites for hydroxylation is 1. The monoisotopic (exact) mass is 488 g/mol. The number of hydrogen-bond acceptors (Lipinski definition) is 7. The van der Waals surface area contributed by atoms with Gasteiger partial charge in [-0.25, -0.2) is 8.42 Å². The van der Waals surface area contributed by atoms with E-state index in [0.717, 1.165) is 15.7 Å². The Kier molecular flexibility index (Phi) is 7.24. The summed E-state index contributed by atoms with van der Waals surface area (Å²) in [7, 11) is -3.62. The lowest BCUT2D eigenvalue weighted by atomic mass is 9.99. The number of carbonyl (C=O) groups excluding carboxylic acids is 1. The highest BCUT2D eigenvalue weighted by molar-refractivity contribution is 8.00. The van der Waals surface area contributed by atoms with Crippen molar-refractivity contribution in [3.05, 3.63) is 65.7 Å². The fourth-order valence-electron chi connectivity index (χ4n) is 3.48. The van der Waals surface area contributed by atoms with E-state index >= 15 is 0 Å². The van der Waals surface area contributed by atoms with Gasteiger partial charge in [-0.15, -0.1) is 10.2 Å². The average molecular weight is 489 g/mol. The van der Waals surface area contributed by atoms with Crippen molar-refractivity contribution in [3.8, 4) is 0 Å². The molecular weight excluding hydrogens is 464 g/mol. The van der Waals surface area contributed by atoms with Crippen molar-refractivity contribution in [2.45, 2.75) is 34.8 Å². The van der Waals surface area contributed by atoms with Gasteiger partial charge in [-0.1, -0.05) is 71.1 Å². The van der Waals surface area contributed by atoms with Crippen LogP contribution in [0.4, 0.5) is 5.13 Å². The second-order valence-electron chi connectivity index (χ2n) is 7.65. The van der Waals surface area contributed by atoms with E-state index in [9.17, 15) is 13.2 Å². The number of rotatable bonds is 7. The first-order valence-electron chi connectivity index (χ1n) is 10.3. The van der Waals surface area contributed by atoms with Crippen molar-refractivity contribution in [2.24, 2.45) is 5.92 Å². The molecule has 1 N–H and O–H groups in total. The molecular formula is C22H24N4O3S3. The molecule has 32 heavy (non-hydrogen) atoms. The molecule has 0 saturated carbocycles. The Morgan fingerprint density at radius 3 is 2.66 bits per heavy atom. The number of nitrogens with one attached hydrogen (secondary N) is 1. The van der Waals surface area contributed by atoms with E-state index < -0.39 is 15.9 Å². The molecule has 0 radical (unpaired) electrons. The summed E-state index contributed by atoms with van der Waals surface area (Å²) in [6.45, 7) is 2.49. The van der Waals surface area contributed by atoms with Gasteiger partial charge in [0.1, 0.15) is 0 Å². The van der Waals surface area contributed by atoms with Crippen LogP contribution in [-0.2, 0) is 20.6 Å². The molecule has 2 heterocycles. The Balaban J connectivity index is 1.35. The number of amides is 1. The van der Waals surface area contributed by atoms with E-state index in [4.69, 9.17) is 0 Å². The largest absolute Gasteiger partial charge is 0.300 e. The van der Waals surface area contributed by atoms with E-state index in [1.165, 1.54) is 21.2 Å². The molecule has 4 rings (SSSR count). The Hall–Kier alpha value is -2.27. The predicted octanol–water partition coefficient (Wildman–Crippen LogP) is 4.18. The molecule has 0 bridgehead atoms. The van der Waals surface area contributed by atoms with Gasteiger partial charge in [0, 0.05) is 18.8 Å². The minimum Gasteiger partial charge on any atom is -0.300 e. The summed E-state index contributed by atoms with van der Waals surface area (Å²) < 4.78 is 28.2. The maximum atomic E-state index is 13.0. The number of thioether (sulfide) groups is 1. The van der Waals surface area contributed by atoms with Crippen LogP contribution in [0.15, 0.2) is 63.8 Å². The summed E-state index contributed by atoms with van der Waals surface area (Å²) in [5.74, 6) is 0.135. The lowest BCUT2D eigenvalue weighted by Gasteiger charge is -2.31. The Morgan fingerprint density at radius 1 is 1.16 bits per heavy atom. The van der Waals surface area contributed by atoms with Crippen LogP contribution in [0.25, 0.3) is 0 Å². The van der Waals surface area contributed by atoms with Crippen molar-refractivity contribution >= 4 is 44.2 Å². The Morgan fingerprint density at radius 2 is 1.91 bits per heavy atom. The normalized spacial score (nSPS) is 17.2. The molecule has 1 amide bonds. The number of piperidine rings is 1. The van der Waals surface area contributed by atoms with Gasteiger partial charge in [0.15, 0.2) is 4.34 Å². The highest BCUT2D eigenvalue weighted by Gasteiger charge is 2.33. The molecule has 1 aliphatic heterocycles. The first-order chi connectivity index (χ1) is 15.4. The van der Waals surface area contributed by atoms with E-state index in [2.05, 4.69) is 27.6 Å². The Bertz CT molecular complexity index is 1160. The molecule has 0 spiro atoms. The second kappa shape index (κ2) is 10.1. The van der Waals surface area contributed by atoms with Gasteiger partial charge >= 0.3 is 0 Å². The zero-order valence-electron chi connectivity index (χ0n) is 17.6. The van der Waals surface area contributed by atoms with Gasteiger partial charge in [0.2, 0.25) is 21.1 Å². The Labute approximate surface area is 196 Å². The lowest BCUT2D eigenvalue weighted by Crippen LogP contribution is -2.43. The standard InChI is InChI=1S/C22H24N4O3S3/c1-16-9-11-19(12-10-16)32(28,29)26-13-5-8-18(14-26)20(27)23-21-24-25-22(31-21)30-15-17-6-3-2-4-7-17/h2-4,6-7,9-12,18H,5,8,13-15H2,1H3,(H,23,24,27)/t18-/m0/s1. The predicted molar refractivity (Wildman–Crippen MR) is 127 cm³/mol. The third kappa shape index (κ3) is 5.55. The molecule has 3 aromatic rings. The number of anilines is 1. The maximum Gasteiger partial charge on any atom is 0.243 e. The summed E-state index contributed by atoms with van der Waals surface area (Å²) in [6, 6.07) is 16.9. The van der Waals surface area contributed by atoms with Crippen LogP contribution in [0.5, 0.6) is 0 Å². The third-order valence-electron chi connectivity index (χ3n) is 5.26. The fourth-order valence-corrected chi connectivity index (χ4v) is 6.71. The van der Waals surface area contributed by atoms with Crippen molar-refractivity contribution in [2.75, 3.05) is 18.4 Å². The van der Waals surface area contributed by atoms with Crippen LogP contribution >= 0.6 is 23.1 Å². The van der Waals surface area contributed by atoms with Gasteiger partial charge in [0.25, 0.3) is 0 Å². The first-order valence-corrected chi connectivity index (χ1v) is 13.5. The van der Waals surface area contributed by atoms with Crippen molar-refractivity contribution < 1.29 is 13.2 Å². The second-order valence-corrected chi connectivity index (χ2v) is 11.8. The van der Waals surface area contributed by atoms with E-state index in [1.54, 1.807) is 36.0 Å². The SMILES string of the molecule is Cc1ccc(S(=O)(=O)N2CCC[C@H](C(=O)Nc3nnc(SCc4ccccc4)s3)C2)cc1. The van der Waals surface area contributed by atoms with Gasteiger partial charge < -0.3 is 5.32 Å². The summed E-state index contributed by atoms with van der Waals surface area (Å²) in [5, 5.41) is 11.5. The first kappa shape index (κ1) is 22.9. The van der Waals surface area contributed by atoms with Crippen LogP contribution < -0.4 is 5.32 Å². The zero-order valence-corrected chi connectivity index (χ0v) is 20.0. The summed E-state index contributed by atoms with van der Waals surface area (Å²) >= 11 is 2.89. The van der Waals surface area contributed by atoms with Crippen LogP contribution in [0, 0.1) is 12.8 Å². The highest BCUT2D eigenvalue weighted by Crippen LogP contribution is 2.29. The summed E-state index contributed by atoms with van der Waals surface area (Å²) in [5.41, 5.74) is 2.19. The number of sulfonamides is 1. The van der Waals surface area contributed by atoms with E-state index in [0.29, 0.717) is 24.5 Å². The molecule has 0 aliphatic carbocycles. The highest BCUT2D eigenvalue weighted by atomic mass is 32.2. The minimum absolute atomic E-state index is 0.163. The van der Waals surface area contributed by atoms with Crippen molar-refractivity contribution in [1.29, 1.82) is 0 Å². The number of hydrogen-bond donors (Lipinski definition) is 1. The van der Waals surface area contributed by atoms with Crippen LogP contribution in [0.2, 0.25) is 0 Å². The average Bonchev–Trinajstić information content (AvgIpc) is 3.26. The topological polar surface area (TPSA) is 92.3 Å². The van der Waals surface area contributed by atoms with Crippen LogP contribution in [-0.4, -0.2) is 41.9 Å². The van der Waals surface area contributed by atoms with E-state index in [1.807, 2.05) is 25.1 Å². The smallest absolute Gasteiger partial charge is 0.243 e. The molecule has 10 heteroatoms. The van der Waals surface area contributed by atoms with Gasteiger partial charge in [-0.2, -0.15) is 4.31 Å². The summed E-state index contributed by atoms with van der Waals surface area (Å²) in [4.78, 5) is 13.1. The molecule has 1 saturated heterocycles. The molecule has 168 valence electrons. The van der Waals surface area contributed by atoms with Gasteiger partial charge in [-0.3, -0.25) is 4.79 Å². The van der Waals surface area contributed by atoms with Gasteiger partial charge in [-0.05, 0) is 37.5 Å².